The van der Waals surface area contributed by atoms with Crippen molar-refractivity contribution in [3.05, 3.63) is 60.6 Å². The fraction of sp³-hybridized carbons (Fsp3) is 0.0909. The van der Waals surface area contributed by atoms with Crippen LogP contribution in [0, 0.1) is 0 Å². The number of halogens is 2. The standard InChI is InChI=1S/C11H10BF2N2/c13-12(14)15-7-3-1-5-10(15)9-11-6-2-4-8-16(11)12/h1-10H/q-1. The van der Waals surface area contributed by atoms with E-state index in [2.05, 4.69) is 0 Å². The number of hydrogen-bond donors (Lipinski definition) is 0. The molecule has 3 aliphatic heterocycles. The van der Waals surface area contributed by atoms with Gasteiger partial charge in [0.05, 0.1) is 0 Å². The fourth-order valence-electron chi connectivity index (χ4n) is 2.19. The molecule has 0 aromatic carbocycles. The van der Waals surface area contributed by atoms with E-state index in [9.17, 15) is 8.63 Å². The largest absolute Gasteiger partial charge is 0.529 e. The first kappa shape index (κ1) is 9.45. The van der Waals surface area contributed by atoms with Gasteiger partial charge >= 0.3 is 6.97 Å². The van der Waals surface area contributed by atoms with Crippen LogP contribution in [0.5, 0.6) is 0 Å². The molecular formula is C11H10BF2N2-. The van der Waals surface area contributed by atoms with Crippen molar-refractivity contribution >= 4 is 6.97 Å². The smallest absolute Gasteiger partial charge is 0.467 e. The minimum atomic E-state index is -3.73. The Morgan fingerprint density at radius 1 is 1.06 bits per heavy atom. The topological polar surface area (TPSA) is 6.48 Å². The summed E-state index contributed by atoms with van der Waals surface area (Å²) in [6.07, 6.45) is 15.0. The molecule has 0 saturated carbocycles. The number of allylic oxidation sites excluding steroid dienone is 5. The van der Waals surface area contributed by atoms with Gasteiger partial charge in [-0.1, -0.05) is 18.2 Å². The monoisotopic (exact) mass is 219 g/mol. The Labute approximate surface area is 92.6 Å². The molecule has 1 atom stereocenters. The predicted octanol–water partition coefficient (Wildman–Crippen LogP) is 2.40. The molecule has 0 aromatic heterocycles. The lowest BCUT2D eigenvalue weighted by Gasteiger charge is -2.53. The maximum Gasteiger partial charge on any atom is 0.529 e. The first-order valence-electron chi connectivity index (χ1n) is 5.20. The van der Waals surface area contributed by atoms with Crippen LogP contribution in [0.3, 0.4) is 0 Å². The lowest BCUT2D eigenvalue weighted by atomic mass is 9.82. The van der Waals surface area contributed by atoms with Crippen molar-refractivity contribution in [1.29, 1.82) is 0 Å². The molecule has 0 aromatic rings. The lowest BCUT2D eigenvalue weighted by Crippen LogP contribution is -2.61. The Morgan fingerprint density at radius 2 is 1.88 bits per heavy atom. The molecule has 5 heteroatoms. The number of fused-ring (bicyclic) bond motifs is 2. The van der Waals surface area contributed by atoms with Crippen LogP contribution in [0.25, 0.3) is 0 Å². The van der Waals surface area contributed by atoms with Crippen LogP contribution in [0.4, 0.5) is 8.63 Å². The first-order valence-corrected chi connectivity index (χ1v) is 5.20. The highest BCUT2D eigenvalue weighted by Crippen LogP contribution is 2.35. The van der Waals surface area contributed by atoms with Crippen LogP contribution >= 0.6 is 0 Å². The highest BCUT2D eigenvalue weighted by molar-refractivity contribution is 6.61. The molecule has 2 nitrogen and oxygen atoms in total. The zero-order valence-corrected chi connectivity index (χ0v) is 8.50. The van der Waals surface area contributed by atoms with Gasteiger partial charge < -0.3 is 18.3 Å². The van der Waals surface area contributed by atoms with Crippen LogP contribution in [-0.2, 0) is 0 Å². The van der Waals surface area contributed by atoms with E-state index in [1.807, 2.05) is 6.08 Å². The van der Waals surface area contributed by atoms with Crippen LogP contribution < -0.4 is 0 Å². The van der Waals surface area contributed by atoms with E-state index in [1.54, 1.807) is 36.5 Å². The SMILES string of the molecule is F[B-]1(F)N2C=CC=CC2=CC2C=CC=CN21. The molecule has 3 heterocycles. The van der Waals surface area contributed by atoms with Gasteiger partial charge in [-0.05, 0) is 36.7 Å². The molecule has 3 rings (SSSR count). The third-order valence-electron chi connectivity index (χ3n) is 2.98. The van der Waals surface area contributed by atoms with Crippen molar-refractivity contribution in [1.82, 2.24) is 9.62 Å². The van der Waals surface area contributed by atoms with Crippen molar-refractivity contribution < 1.29 is 8.63 Å². The van der Waals surface area contributed by atoms with E-state index in [-0.39, 0.29) is 6.04 Å². The van der Waals surface area contributed by atoms with Crippen molar-refractivity contribution in [3.63, 3.8) is 0 Å². The molecule has 1 unspecified atom stereocenters. The van der Waals surface area contributed by atoms with Gasteiger partial charge in [-0.15, -0.1) is 0 Å². The molecule has 0 aliphatic carbocycles. The molecule has 82 valence electrons. The summed E-state index contributed by atoms with van der Waals surface area (Å²) in [5, 5.41) is 0. The Kier molecular flexibility index (Phi) is 1.83. The summed E-state index contributed by atoms with van der Waals surface area (Å²) in [6, 6.07) is -0.345. The number of rotatable bonds is 0. The number of hydrogen-bond acceptors (Lipinski definition) is 2. The summed E-state index contributed by atoms with van der Waals surface area (Å²) in [5.74, 6) is 0. The molecule has 0 radical (unpaired) electrons. The molecule has 3 aliphatic rings. The predicted molar refractivity (Wildman–Crippen MR) is 60.1 cm³/mol. The second-order valence-corrected chi connectivity index (χ2v) is 3.95. The fourth-order valence-corrected chi connectivity index (χ4v) is 2.19. The quantitative estimate of drug-likeness (QED) is 0.577. The zero-order valence-electron chi connectivity index (χ0n) is 8.50. The second-order valence-electron chi connectivity index (χ2n) is 3.95. The van der Waals surface area contributed by atoms with Crippen LogP contribution in [-0.4, -0.2) is 22.6 Å². The average Bonchev–Trinajstić information content (AvgIpc) is 2.29. The molecule has 0 amide bonds. The van der Waals surface area contributed by atoms with Gasteiger partial charge in [0.25, 0.3) is 0 Å². The van der Waals surface area contributed by atoms with Crippen LogP contribution in [0.1, 0.15) is 0 Å². The Bertz CT molecular complexity index is 463. The second kappa shape index (κ2) is 3.11. The van der Waals surface area contributed by atoms with Gasteiger partial charge in [0, 0.05) is 11.7 Å². The number of nitrogens with zero attached hydrogens (tertiary/aromatic N) is 2. The molecule has 0 saturated heterocycles. The lowest BCUT2D eigenvalue weighted by molar-refractivity contribution is 0.305. The Balaban J connectivity index is 2.10. The summed E-state index contributed by atoms with van der Waals surface area (Å²) in [4.78, 5) is 2.15. The Morgan fingerprint density at radius 3 is 2.75 bits per heavy atom. The van der Waals surface area contributed by atoms with Gasteiger partial charge in [0.15, 0.2) is 0 Å². The van der Waals surface area contributed by atoms with Crippen molar-refractivity contribution in [2.45, 2.75) is 6.04 Å². The molecule has 0 fully saturated rings. The molecule has 0 bridgehead atoms. The summed E-state index contributed by atoms with van der Waals surface area (Å²) in [6.45, 7) is -3.73. The minimum absolute atomic E-state index is 0.345. The third-order valence-corrected chi connectivity index (χ3v) is 2.98. The molecule has 0 N–H and O–H groups in total. The van der Waals surface area contributed by atoms with E-state index < -0.39 is 6.97 Å². The third kappa shape index (κ3) is 1.17. The summed E-state index contributed by atoms with van der Waals surface area (Å²) >= 11 is 0. The zero-order chi connectivity index (χ0) is 11.2. The first-order chi connectivity index (χ1) is 7.69. The van der Waals surface area contributed by atoms with Gasteiger partial charge in [-0.25, -0.2) is 0 Å². The minimum Gasteiger partial charge on any atom is -0.467 e. The summed E-state index contributed by atoms with van der Waals surface area (Å²) in [5.41, 5.74) is 0.564. The molecular weight excluding hydrogens is 209 g/mol. The highest BCUT2D eigenvalue weighted by atomic mass is 19.2. The molecule has 0 spiro atoms. The van der Waals surface area contributed by atoms with Gasteiger partial charge in [-0.2, -0.15) is 0 Å². The van der Waals surface area contributed by atoms with Crippen molar-refractivity contribution in [3.8, 4) is 0 Å². The highest BCUT2D eigenvalue weighted by Gasteiger charge is 2.43. The normalized spacial score (nSPS) is 28.9. The van der Waals surface area contributed by atoms with E-state index in [0.29, 0.717) is 5.70 Å². The maximum atomic E-state index is 14.2. The summed E-state index contributed by atoms with van der Waals surface area (Å²) < 4.78 is 28.4. The van der Waals surface area contributed by atoms with Crippen molar-refractivity contribution in [2.24, 2.45) is 0 Å². The Hall–Kier alpha value is -1.78. The summed E-state index contributed by atoms with van der Waals surface area (Å²) in [7, 11) is 0. The van der Waals surface area contributed by atoms with Gasteiger partial charge in [0.2, 0.25) is 0 Å². The van der Waals surface area contributed by atoms with Gasteiger partial charge in [-0.3, -0.25) is 0 Å². The van der Waals surface area contributed by atoms with Crippen LogP contribution in [0.2, 0.25) is 0 Å². The van der Waals surface area contributed by atoms with Gasteiger partial charge in [0.1, 0.15) is 0 Å². The van der Waals surface area contributed by atoms with Crippen LogP contribution in [0.15, 0.2) is 60.6 Å². The van der Waals surface area contributed by atoms with E-state index in [1.165, 1.54) is 12.4 Å². The van der Waals surface area contributed by atoms with E-state index >= 15 is 0 Å². The van der Waals surface area contributed by atoms with E-state index in [4.69, 9.17) is 0 Å². The molecule has 16 heavy (non-hydrogen) atoms. The maximum absolute atomic E-state index is 14.2. The average molecular weight is 219 g/mol. The van der Waals surface area contributed by atoms with Crippen molar-refractivity contribution in [2.75, 3.05) is 0 Å². The van der Waals surface area contributed by atoms with E-state index in [0.717, 1.165) is 9.62 Å².